The molecule has 2 aromatic rings. The molecule has 2 rings (SSSR count). The molecule has 5 nitrogen and oxygen atoms in total. The molecule has 0 bridgehead atoms. The molecule has 2 N–H and O–H groups in total. The van der Waals surface area contributed by atoms with Crippen LogP contribution in [0.15, 0.2) is 30.3 Å². The Labute approximate surface area is 113 Å². The quantitative estimate of drug-likeness (QED) is 0.862. The van der Waals surface area contributed by atoms with Crippen LogP contribution in [0.1, 0.15) is 11.4 Å². The van der Waals surface area contributed by atoms with Gasteiger partial charge in [-0.2, -0.15) is 0 Å². The van der Waals surface area contributed by atoms with Crippen molar-refractivity contribution >= 4 is 11.6 Å². The summed E-state index contributed by atoms with van der Waals surface area (Å²) in [5.41, 5.74) is 1.14. The highest BCUT2D eigenvalue weighted by Crippen LogP contribution is 2.15. The fraction of sp³-hybridized carbons (Fsp3) is 0.286. The lowest BCUT2D eigenvalue weighted by atomic mass is 10.2. The summed E-state index contributed by atoms with van der Waals surface area (Å²) in [5.74, 6) is 3.20. The van der Waals surface area contributed by atoms with Crippen LogP contribution in [0.5, 0.6) is 5.75 Å². The minimum absolute atomic E-state index is 0.691. The summed E-state index contributed by atoms with van der Waals surface area (Å²) in [6, 6.07) is 9.83. The van der Waals surface area contributed by atoms with E-state index in [1.165, 1.54) is 0 Å². The third kappa shape index (κ3) is 3.58. The van der Waals surface area contributed by atoms with Gasteiger partial charge in [0.2, 0.25) is 0 Å². The van der Waals surface area contributed by atoms with Gasteiger partial charge in [-0.05, 0) is 24.6 Å². The summed E-state index contributed by atoms with van der Waals surface area (Å²) in [6.07, 6.45) is 0. The van der Waals surface area contributed by atoms with Crippen LogP contribution >= 0.6 is 0 Å². The molecule has 1 aromatic carbocycles. The number of anilines is 2. The van der Waals surface area contributed by atoms with Crippen molar-refractivity contribution in [3.63, 3.8) is 0 Å². The molecule has 0 spiro atoms. The maximum absolute atomic E-state index is 5.20. The van der Waals surface area contributed by atoms with E-state index in [0.29, 0.717) is 6.54 Å². The Balaban J connectivity index is 2.07. The minimum Gasteiger partial charge on any atom is -0.497 e. The van der Waals surface area contributed by atoms with E-state index in [4.69, 9.17) is 4.74 Å². The molecule has 0 saturated heterocycles. The minimum atomic E-state index is 0.691. The van der Waals surface area contributed by atoms with E-state index in [2.05, 4.69) is 20.6 Å². The molecule has 1 heterocycles. The number of aryl methyl sites for hydroxylation is 1. The van der Waals surface area contributed by atoms with Gasteiger partial charge in [0.25, 0.3) is 0 Å². The zero-order chi connectivity index (χ0) is 13.7. The van der Waals surface area contributed by atoms with Crippen molar-refractivity contribution in [1.82, 2.24) is 9.97 Å². The standard InChI is InChI=1S/C14H18N4O/c1-10-17-13(15-2)8-14(18-10)16-9-11-5-4-6-12(7-11)19-3/h4-8H,9H2,1-3H3,(H2,15,16,17,18). The number of hydrogen-bond donors (Lipinski definition) is 2. The molecular formula is C14H18N4O. The molecule has 0 unspecified atom stereocenters. The van der Waals surface area contributed by atoms with Crippen molar-refractivity contribution in [2.45, 2.75) is 13.5 Å². The van der Waals surface area contributed by atoms with Gasteiger partial charge in [-0.3, -0.25) is 0 Å². The summed E-state index contributed by atoms with van der Waals surface area (Å²) in [5, 5.41) is 6.29. The summed E-state index contributed by atoms with van der Waals surface area (Å²) >= 11 is 0. The van der Waals surface area contributed by atoms with E-state index in [1.54, 1.807) is 7.11 Å². The molecule has 0 atom stereocenters. The maximum atomic E-state index is 5.20. The van der Waals surface area contributed by atoms with Gasteiger partial charge in [-0.15, -0.1) is 0 Å². The summed E-state index contributed by atoms with van der Waals surface area (Å²) in [4.78, 5) is 8.60. The number of nitrogens with one attached hydrogen (secondary N) is 2. The predicted molar refractivity (Wildman–Crippen MR) is 76.6 cm³/mol. The summed E-state index contributed by atoms with van der Waals surface area (Å²) < 4.78 is 5.20. The van der Waals surface area contributed by atoms with Crippen molar-refractivity contribution in [3.05, 3.63) is 41.7 Å². The third-order valence-corrected chi connectivity index (χ3v) is 2.70. The topological polar surface area (TPSA) is 59.1 Å². The van der Waals surface area contributed by atoms with Gasteiger partial charge in [0.05, 0.1) is 7.11 Å². The molecule has 0 aliphatic rings. The molecule has 19 heavy (non-hydrogen) atoms. The van der Waals surface area contributed by atoms with Crippen LogP contribution in [0.3, 0.4) is 0 Å². The normalized spacial score (nSPS) is 10.1. The van der Waals surface area contributed by atoms with Crippen LogP contribution in [0, 0.1) is 6.92 Å². The van der Waals surface area contributed by atoms with Crippen molar-refractivity contribution in [2.75, 3.05) is 24.8 Å². The van der Waals surface area contributed by atoms with Crippen LogP contribution < -0.4 is 15.4 Å². The molecule has 0 fully saturated rings. The lowest BCUT2D eigenvalue weighted by Crippen LogP contribution is -2.05. The number of ether oxygens (including phenoxy) is 1. The first-order valence-electron chi connectivity index (χ1n) is 6.11. The van der Waals surface area contributed by atoms with E-state index in [9.17, 15) is 0 Å². The van der Waals surface area contributed by atoms with E-state index >= 15 is 0 Å². The number of hydrogen-bond acceptors (Lipinski definition) is 5. The predicted octanol–water partition coefficient (Wildman–Crippen LogP) is 2.45. The Morgan fingerprint density at radius 3 is 2.68 bits per heavy atom. The van der Waals surface area contributed by atoms with Crippen LogP contribution in [-0.2, 0) is 6.54 Å². The van der Waals surface area contributed by atoms with Gasteiger partial charge >= 0.3 is 0 Å². The molecule has 0 aliphatic carbocycles. The maximum Gasteiger partial charge on any atom is 0.132 e. The lowest BCUT2D eigenvalue weighted by molar-refractivity contribution is 0.414. The van der Waals surface area contributed by atoms with Crippen molar-refractivity contribution in [1.29, 1.82) is 0 Å². The molecular weight excluding hydrogens is 240 g/mol. The number of aromatic nitrogens is 2. The third-order valence-electron chi connectivity index (χ3n) is 2.70. The second kappa shape index (κ2) is 6.04. The summed E-state index contributed by atoms with van der Waals surface area (Å²) in [6.45, 7) is 2.56. The molecule has 0 saturated carbocycles. The van der Waals surface area contributed by atoms with Crippen LogP contribution in [0.2, 0.25) is 0 Å². The van der Waals surface area contributed by atoms with Crippen LogP contribution in [0.4, 0.5) is 11.6 Å². The average Bonchev–Trinajstić information content (AvgIpc) is 2.44. The molecule has 0 aliphatic heterocycles. The van der Waals surface area contributed by atoms with Gasteiger partial charge < -0.3 is 15.4 Å². The molecule has 100 valence electrons. The van der Waals surface area contributed by atoms with Crippen molar-refractivity contribution in [2.24, 2.45) is 0 Å². The Morgan fingerprint density at radius 2 is 1.95 bits per heavy atom. The zero-order valence-electron chi connectivity index (χ0n) is 11.4. The van der Waals surface area contributed by atoms with Gasteiger partial charge in [-0.1, -0.05) is 12.1 Å². The highest BCUT2D eigenvalue weighted by molar-refractivity contribution is 5.47. The first-order valence-corrected chi connectivity index (χ1v) is 6.11. The Morgan fingerprint density at radius 1 is 1.16 bits per heavy atom. The fourth-order valence-electron chi connectivity index (χ4n) is 1.76. The second-order valence-corrected chi connectivity index (χ2v) is 4.14. The number of benzene rings is 1. The van der Waals surface area contributed by atoms with E-state index < -0.39 is 0 Å². The molecule has 5 heteroatoms. The molecule has 0 amide bonds. The summed E-state index contributed by atoms with van der Waals surface area (Å²) in [7, 11) is 3.51. The van der Waals surface area contributed by atoms with Crippen LogP contribution in [0.25, 0.3) is 0 Å². The highest BCUT2D eigenvalue weighted by Gasteiger charge is 2.01. The fourth-order valence-corrected chi connectivity index (χ4v) is 1.76. The Kier molecular flexibility index (Phi) is 4.18. The zero-order valence-corrected chi connectivity index (χ0v) is 11.4. The number of nitrogens with zero attached hydrogens (tertiary/aromatic N) is 2. The number of rotatable bonds is 5. The Hall–Kier alpha value is -2.30. The van der Waals surface area contributed by atoms with Gasteiger partial charge in [0.15, 0.2) is 0 Å². The average molecular weight is 258 g/mol. The Bertz CT molecular complexity index is 557. The highest BCUT2D eigenvalue weighted by atomic mass is 16.5. The molecule has 0 radical (unpaired) electrons. The first-order chi connectivity index (χ1) is 9.21. The van der Waals surface area contributed by atoms with Crippen LogP contribution in [-0.4, -0.2) is 24.1 Å². The first kappa shape index (κ1) is 13.1. The smallest absolute Gasteiger partial charge is 0.132 e. The monoisotopic (exact) mass is 258 g/mol. The SMILES string of the molecule is CNc1cc(NCc2cccc(OC)c2)nc(C)n1. The van der Waals surface area contributed by atoms with E-state index in [-0.39, 0.29) is 0 Å². The molecule has 1 aromatic heterocycles. The second-order valence-electron chi connectivity index (χ2n) is 4.14. The van der Waals surface area contributed by atoms with Crippen molar-refractivity contribution < 1.29 is 4.74 Å². The van der Waals surface area contributed by atoms with Crippen molar-refractivity contribution in [3.8, 4) is 5.75 Å². The van der Waals surface area contributed by atoms with Gasteiger partial charge in [0, 0.05) is 19.7 Å². The van der Waals surface area contributed by atoms with E-state index in [1.807, 2.05) is 44.3 Å². The lowest BCUT2D eigenvalue weighted by Gasteiger charge is -2.09. The van der Waals surface area contributed by atoms with Gasteiger partial charge in [0.1, 0.15) is 23.2 Å². The number of methoxy groups -OCH3 is 1. The largest absolute Gasteiger partial charge is 0.497 e. The van der Waals surface area contributed by atoms with Gasteiger partial charge in [-0.25, -0.2) is 9.97 Å². The van der Waals surface area contributed by atoms with E-state index in [0.717, 1.165) is 28.8 Å².